The molecular formula is C25H21AsO6. The van der Waals surface area contributed by atoms with Crippen LogP contribution in [0.2, 0.25) is 0 Å². The summed E-state index contributed by atoms with van der Waals surface area (Å²) in [7, 11) is 3.91. The molecule has 0 aliphatic rings. The van der Waals surface area contributed by atoms with Crippen LogP contribution in [0.4, 0.5) is 0 Å². The van der Waals surface area contributed by atoms with Gasteiger partial charge in [-0.05, 0) is 0 Å². The van der Waals surface area contributed by atoms with E-state index in [4.69, 9.17) is 14.2 Å². The van der Waals surface area contributed by atoms with Gasteiger partial charge in [0.05, 0.1) is 0 Å². The normalized spacial score (nSPS) is 10.9. The molecule has 0 saturated heterocycles. The predicted octanol–water partition coefficient (Wildman–Crippen LogP) is 3.51. The van der Waals surface area contributed by atoms with Crippen LogP contribution in [0.5, 0.6) is 0 Å². The number of rotatable bonds is 6. The molecule has 2 radical (unpaired) electrons. The van der Waals surface area contributed by atoms with Gasteiger partial charge in [-0.25, -0.2) is 0 Å². The van der Waals surface area contributed by atoms with Crippen molar-refractivity contribution in [1.82, 2.24) is 0 Å². The molecule has 0 heterocycles. The van der Waals surface area contributed by atoms with E-state index in [2.05, 4.69) is 16.9 Å². The monoisotopic (exact) mass is 492 g/mol. The fraction of sp³-hybridized carbons (Fsp3) is 0.160. The number of esters is 3. The minimum absolute atomic E-state index is 0.301. The molecule has 3 aromatic carbocycles. The molecule has 0 N–H and O–H groups in total. The van der Waals surface area contributed by atoms with Gasteiger partial charge in [0.2, 0.25) is 0 Å². The fourth-order valence-electron chi connectivity index (χ4n) is 3.69. The predicted molar refractivity (Wildman–Crippen MR) is 119 cm³/mol. The van der Waals surface area contributed by atoms with Crippen LogP contribution >= 0.6 is 0 Å². The SMILES string of the molecule is COC(=O)c1ccccc1C([As])(c1ccccc1C(=O)OC)c1ccccc1C(=O)OC. The first-order valence-corrected chi connectivity index (χ1v) is 10.6. The van der Waals surface area contributed by atoms with E-state index >= 15 is 0 Å². The third-order valence-corrected chi connectivity index (χ3v) is 6.68. The van der Waals surface area contributed by atoms with Crippen molar-refractivity contribution in [3.63, 3.8) is 0 Å². The van der Waals surface area contributed by atoms with Crippen LogP contribution in [0.15, 0.2) is 72.8 Å². The molecule has 0 fully saturated rings. The van der Waals surface area contributed by atoms with E-state index in [0.29, 0.717) is 33.4 Å². The summed E-state index contributed by atoms with van der Waals surface area (Å²) in [6.45, 7) is 0. The Kier molecular flexibility index (Phi) is 7.16. The molecular weight excluding hydrogens is 471 g/mol. The third-order valence-electron chi connectivity index (χ3n) is 5.17. The Morgan fingerprint density at radius 1 is 0.562 bits per heavy atom. The van der Waals surface area contributed by atoms with Crippen molar-refractivity contribution < 1.29 is 28.6 Å². The molecule has 6 nitrogen and oxygen atoms in total. The van der Waals surface area contributed by atoms with Crippen LogP contribution in [0.1, 0.15) is 47.8 Å². The van der Waals surface area contributed by atoms with Gasteiger partial charge in [0.25, 0.3) is 0 Å². The zero-order valence-electron chi connectivity index (χ0n) is 17.8. The van der Waals surface area contributed by atoms with Crippen molar-refractivity contribution in [2.24, 2.45) is 0 Å². The molecule has 3 aromatic rings. The molecule has 0 unspecified atom stereocenters. The summed E-state index contributed by atoms with van der Waals surface area (Å²) in [5.41, 5.74) is 2.53. The van der Waals surface area contributed by atoms with E-state index < -0.39 is 22.1 Å². The molecule has 3 rings (SSSR count). The first-order valence-electron chi connectivity index (χ1n) is 9.66. The van der Waals surface area contributed by atoms with E-state index in [9.17, 15) is 14.4 Å². The maximum absolute atomic E-state index is 12.7. The summed E-state index contributed by atoms with van der Waals surface area (Å²) in [6, 6.07) is 20.8. The van der Waals surface area contributed by atoms with Crippen LogP contribution in [0.25, 0.3) is 0 Å². The summed E-state index contributed by atoms with van der Waals surface area (Å²) >= 11 is 2.52. The molecule has 0 amide bonds. The molecule has 0 saturated carbocycles. The topological polar surface area (TPSA) is 78.9 Å². The Morgan fingerprint density at radius 2 is 0.812 bits per heavy atom. The van der Waals surface area contributed by atoms with Gasteiger partial charge in [0.1, 0.15) is 0 Å². The number of methoxy groups -OCH3 is 3. The molecule has 0 spiro atoms. The Hall–Kier alpha value is -3.37. The van der Waals surface area contributed by atoms with Gasteiger partial charge in [-0.15, -0.1) is 0 Å². The summed E-state index contributed by atoms with van der Waals surface area (Å²) in [5.74, 6) is -1.62. The summed E-state index contributed by atoms with van der Waals surface area (Å²) in [4.78, 5) is 38.0. The van der Waals surface area contributed by atoms with Crippen LogP contribution in [-0.4, -0.2) is 56.1 Å². The first-order chi connectivity index (χ1) is 15.4. The summed E-state index contributed by atoms with van der Waals surface area (Å²) in [6.07, 6.45) is 0. The Morgan fingerprint density at radius 3 is 1.06 bits per heavy atom. The van der Waals surface area contributed by atoms with Crippen molar-refractivity contribution in [3.05, 3.63) is 106 Å². The summed E-state index contributed by atoms with van der Waals surface area (Å²) in [5, 5.41) is 0. The molecule has 7 heteroatoms. The van der Waals surface area contributed by atoms with Crippen LogP contribution < -0.4 is 0 Å². The van der Waals surface area contributed by atoms with Gasteiger partial charge in [-0.1, -0.05) is 0 Å². The van der Waals surface area contributed by atoms with E-state index in [0.717, 1.165) is 0 Å². The van der Waals surface area contributed by atoms with E-state index in [-0.39, 0.29) is 0 Å². The molecule has 0 aromatic heterocycles. The van der Waals surface area contributed by atoms with Gasteiger partial charge in [-0.3, -0.25) is 0 Å². The van der Waals surface area contributed by atoms with Crippen LogP contribution in [-0.2, 0) is 18.4 Å². The standard InChI is InChI=1S/C25H21AsO6/c1-30-22(27)16-10-4-7-13-19(16)25(26,20-14-8-5-11-17(20)23(28)31-2)21-15-9-6-12-18(21)24(29)32-3/h4-15H,1-3H3. The average Bonchev–Trinajstić information content (AvgIpc) is 2.86. The van der Waals surface area contributed by atoms with Gasteiger partial charge < -0.3 is 0 Å². The fourth-order valence-corrected chi connectivity index (χ4v) is 4.92. The van der Waals surface area contributed by atoms with Crippen LogP contribution in [0, 0.1) is 0 Å². The Balaban J connectivity index is 2.49. The molecule has 162 valence electrons. The number of benzene rings is 3. The molecule has 0 bridgehead atoms. The van der Waals surface area contributed by atoms with E-state index in [1.807, 2.05) is 0 Å². The van der Waals surface area contributed by atoms with Gasteiger partial charge in [0, 0.05) is 0 Å². The molecule has 0 atom stereocenters. The zero-order valence-corrected chi connectivity index (χ0v) is 19.7. The van der Waals surface area contributed by atoms with Crippen molar-refractivity contribution >= 4 is 34.8 Å². The molecule has 0 aliphatic carbocycles. The van der Waals surface area contributed by atoms with Crippen LogP contribution in [0.3, 0.4) is 0 Å². The van der Waals surface area contributed by atoms with E-state index in [1.165, 1.54) is 21.3 Å². The summed E-state index contributed by atoms with van der Waals surface area (Å²) < 4.78 is 13.9. The molecule has 32 heavy (non-hydrogen) atoms. The third kappa shape index (κ3) is 4.06. The quantitative estimate of drug-likeness (QED) is 0.227. The number of carbonyl (C=O) groups excluding carboxylic acids is 3. The van der Waals surface area contributed by atoms with Crippen molar-refractivity contribution in [1.29, 1.82) is 0 Å². The first kappa shape index (κ1) is 23.3. The minimum atomic E-state index is -1.17. The van der Waals surface area contributed by atoms with Crippen molar-refractivity contribution in [2.45, 2.75) is 4.20 Å². The second-order valence-electron chi connectivity index (χ2n) is 6.82. The van der Waals surface area contributed by atoms with E-state index in [1.54, 1.807) is 72.8 Å². The number of hydrogen-bond acceptors (Lipinski definition) is 6. The zero-order chi connectivity index (χ0) is 23.3. The van der Waals surface area contributed by atoms with Crippen molar-refractivity contribution in [2.75, 3.05) is 21.3 Å². The maximum atomic E-state index is 12.7. The average molecular weight is 492 g/mol. The number of hydrogen-bond donors (Lipinski definition) is 0. The van der Waals surface area contributed by atoms with Gasteiger partial charge in [0.15, 0.2) is 0 Å². The van der Waals surface area contributed by atoms with Gasteiger partial charge >= 0.3 is 195 Å². The number of ether oxygens (including phenoxy) is 3. The Labute approximate surface area is 195 Å². The number of carbonyl (C=O) groups is 3. The second-order valence-corrected chi connectivity index (χ2v) is 8.23. The second kappa shape index (κ2) is 9.84. The molecule has 0 aliphatic heterocycles. The van der Waals surface area contributed by atoms with Crippen molar-refractivity contribution in [3.8, 4) is 0 Å². The van der Waals surface area contributed by atoms with Gasteiger partial charge in [-0.2, -0.15) is 0 Å². The Bertz CT molecular complexity index is 1030.